The van der Waals surface area contributed by atoms with Crippen LogP contribution in [0.15, 0.2) is 0 Å². The highest BCUT2D eigenvalue weighted by atomic mass is 19.4. The molecule has 0 radical (unpaired) electrons. The summed E-state index contributed by atoms with van der Waals surface area (Å²) in [5, 5.41) is 2.69. The topological polar surface area (TPSA) is 35.6 Å². The Hall–Kier alpha value is -0.820. The number of hydrogen-bond donors (Lipinski definition) is 1. The molecular formula is C13H22F3N3O. The molecule has 0 aliphatic carbocycles. The average Bonchev–Trinajstić information content (AvgIpc) is 2.89. The quantitative estimate of drug-likeness (QED) is 0.846. The third kappa shape index (κ3) is 2.79. The molecule has 0 aromatic heterocycles. The average molecular weight is 293 g/mol. The summed E-state index contributed by atoms with van der Waals surface area (Å²) >= 11 is 0. The van der Waals surface area contributed by atoms with Gasteiger partial charge in [0.25, 0.3) is 0 Å². The Morgan fingerprint density at radius 2 is 1.90 bits per heavy atom. The molecule has 2 aliphatic heterocycles. The smallest absolute Gasteiger partial charge is 0.339 e. The fraction of sp³-hybridized carbons (Fsp3) is 0.923. The van der Waals surface area contributed by atoms with Crippen LogP contribution in [0.25, 0.3) is 0 Å². The number of hydrogen-bond acceptors (Lipinski definition) is 3. The minimum absolute atomic E-state index is 0.148. The van der Waals surface area contributed by atoms with E-state index in [0.717, 1.165) is 13.0 Å². The number of alkyl halides is 3. The molecule has 1 N–H and O–H groups in total. The fourth-order valence-electron chi connectivity index (χ4n) is 3.03. The zero-order valence-corrected chi connectivity index (χ0v) is 11.8. The maximum absolute atomic E-state index is 13.3. The van der Waals surface area contributed by atoms with Crippen molar-refractivity contribution < 1.29 is 18.0 Å². The summed E-state index contributed by atoms with van der Waals surface area (Å²) in [5.41, 5.74) is -2.21. The molecular weight excluding hydrogens is 271 g/mol. The van der Waals surface area contributed by atoms with Crippen molar-refractivity contribution in [2.75, 3.05) is 45.8 Å². The van der Waals surface area contributed by atoms with E-state index in [1.807, 2.05) is 0 Å². The van der Waals surface area contributed by atoms with Gasteiger partial charge in [0, 0.05) is 32.7 Å². The van der Waals surface area contributed by atoms with E-state index in [0.29, 0.717) is 26.2 Å². The second kappa shape index (κ2) is 5.89. The van der Waals surface area contributed by atoms with Gasteiger partial charge < -0.3 is 10.2 Å². The molecule has 4 nitrogen and oxygen atoms in total. The Morgan fingerprint density at radius 1 is 1.25 bits per heavy atom. The van der Waals surface area contributed by atoms with Gasteiger partial charge in [0.2, 0.25) is 5.91 Å². The van der Waals surface area contributed by atoms with Crippen molar-refractivity contribution in [3.05, 3.63) is 0 Å². The molecule has 2 rings (SSSR count). The molecule has 7 heteroatoms. The van der Waals surface area contributed by atoms with Crippen LogP contribution in [-0.4, -0.2) is 67.7 Å². The molecule has 0 saturated carbocycles. The number of piperazine rings is 1. The molecule has 116 valence electrons. The monoisotopic (exact) mass is 293 g/mol. The van der Waals surface area contributed by atoms with Gasteiger partial charge >= 0.3 is 6.18 Å². The van der Waals surface area contributed by atoms with Crippen molar-refractivity contribution in [2.24, 2.45) is 5.41 Å². The summed E-state index contributed by atoms with van der Waals surface area (Å²) in [6.45, 7) is 5.11. The largest absolute Gasteiger partial charge is 0.404 e. The SMILES string of the molecule is CCCN1CCN(C(=O)C2(C(F)(F)F)CCNC2)CC1. The molecule has 2 aliphatic rings. The van der Waals surface area contributed by atoms with Crippen LogP contribution >= 0.6 is 0 Å². The Morgan fingerprint density at radius 3 is 2.35 bits per heavy atom. The first kappa shape index (κ1) is 15.6. The van der Waals surface area contributed by atoms with E-state index in [9.17, 15) is 18.0 Å². The highest BCUT2D eigenvalue weighted by Gasteiger charge is 2.62. The Bertz CT molecular complexity index is 345. The number of carbonyl (C=O) groups excluding carboxylic acids is 1. The number of rotatable bonds is 3. The van der Waals surface area contributed by atoms with Gasteiger partial charge in [-0.05, 0) is 25.9 Å². The molecule has 2 saturated heterocycles. The third-order valence-corrected chi connectivity index (χ3v) is 4.31. The highest BCUT2D eigenvalue weighted by molar-refractivity contribution is 5.84. The lowest BCUT2D eigenvalue weighted by Gasteiger charge is -2.40. The van der Waals surface area contributed by atoms with E-state index in [1.165, 1.54) is 4.90 Å². The van der Waals surface area contributed by atoms with Gasteiger partial charge in [0.1, 0.15) is 0 Å². The van der Waals surface area contributed by atoms with Crippen molar-refractivity contribution in [3.8, 4) is 0 Å². The van der Waals surface area contributed by atoms with E-state index >= 15 is 0 Å². The Balaban J connectivity index is 2.03. The molecule has 0 spiro atoms. The van der Waals surface area contributed by atoms with E-state index in [-0.39, 0.29) is 19.5 Å². The molecule has 2 fully saturated rings. The molecule has 0 bridgehead atoms. The summed E-state index contributed by atoms with van der Waals surface area (Å²) in [6.07, 6.45) is -3.61. The molecule has 2 heterocycles. The predicted molar refractivity (Wildman–Crippen MR) is 69.3 cm³/mol. The lowest BCUT2D eigenvalue weighted by molar-refractivity contribution is -0.222. The minimum atomic E-state index is -4.48. The maximum atomic E-state index is 13.3. The Labute approximate surface area is 117 Å². The van der Waals surface area contributed by atoms with Crippen LogP contribution in [0.5, 0.6) is 0 Å². The summed E-state index contributed by atoms with van der Waals surface area (Å²) in [7, 11) is 0. The summed E-state index contributed by atoms with van der Waals surface area (Å²) in [6, 6.07) is 0. The summed E-state index contributed by atoms with van der Waals surface area (Å²) in [5.74, 6) is -0.744. The van der Waals surface area contributed by atoms with E-state index < -0.39 is 17.5 Å². The number of halogens is 3. The first-order valence-electron chi connectivity index (χ1n) is 7.20. The molecule has 20 heavy (non-hydrogen) atoms. The van der Waals surface area contributed by atoms with Gasteiger partial charge in [-0.2, -0.15) is 13.2 Å². The highest BCUT2D eigenvalue weighted by Crippen LogP contribution is 2.44. The normalized spacial score (nSPS) is 28.9. The molecule has 1 unspecified atom stereocenters. The van der Waals surface area contributed by atoms with Gasteiger partial charge in [-0.25, -0.2) is 0 Å². The molecule has 1 atom stereocenters. The third-order valence-electron chi connectivity index (χ3n) is 4.31. The van der Waals surface area contributed by atoms with E-state index in [1.54, 1.807) is 0 Å². The van der Waals surface area contributed by atoms with Crippen LogP contribution in [0.1, 0.15) is 19.8 Å². The lowest BCUT2D eigenvalue weighted by atomic mass is 9.84. The standard InChI is InChI=1S/C13H22F3N3O/c1-2-5-18-6-8-19(9-7-18)11(20)12(13(14,15)16)3-4-17-10-12/h17H,2-10H2,1H3. The van der Waals surface area contributed by atoms with Crippen molar-refractivity contribution in [1.82, 2.24) is 15.1 Å². The van der Waals surface area contributed by atoms with Crippen LogP contribution in [-0.2, 0) is 4.79 Å². The van der Waals surface area contributed by atoms with Crippen LogP contribution < -0.4 is 5.32 Å². The van der Waals surface area contributed by atoms with Gasteiger partial charge in [0.05, 0.1) is 0 Å². The molecule has 1 amide bonds. The van der Waals surface area contributed by atoms with Crippen molar-refractivity contribution in [3.63, 3.8) is 0 Å². The van der Waals surface area contributed by atoms with Crippen molar-refractivity contribution >= 4 is 5.91 Å². The van der Waals surface area contributed by atoms with E-state index in [2.05, 4.69) is 17.1 Å². The first-order chi connectivity index (χ1) is 9.40. The van der Waals surface area contributed by atoms with Crippen LogP contribution in [0.4, 0.5) is 13.2 Å². The number of nitrogens with one attached hydrogen (secondary N) is 1. The van der Waals surface area contributed by atoms with Crippen LogP contribution in [0.2, 0.25) is 0 Å². The van der Waals surface area contributed by atoms with Crippen molar-refractivity contribution in [1.29, 1.82) is 0 Å². The van der Waals surface area contributed by atoms with E-state index in [4.69, 9.17) is 0 Å². The maximum Gasteiger partial charge on any atom is 0.404 e. The second-order valence-electron chi connectivity index (χ2n) is 5.64. The Kier molecular flexibility index (Phi) is 4.59. The minimum Gasteiger partial charge on any atom is -0.339 e. The van der Waals surface area contributed by atoms with Crippen LogP contribution in [0.3, 0.4) is 0 Å². The van der Waals surface area contributed by atoms with Crippen LogP contribution in [0, 0.1) is 5.41 Å². The fourth-order valence-corrected chi connectivity index (χ4v) is 3.03. The van der Waals surface area contributed by atoms with Gasteiger partial charge in [0.15, 0.2) is 5.41 Å². The first-order valence-corrected chi connectivity index (χ1v) is 7.20. The van der Waals surface area contributed by atoms with Gasteiger partial charge in [-0.1, -0.05) is 6.92 Å². The molecule has 0 aromatic carbocycles. The number of nitrogens with zero attached hydrogens (tertiary/aromatic N) is 2. The zero-order valence-electron chi connectivity index (χ0n) is 11.8. The van der Waals surface area contributed by atoms with Crippen molar-refractivity contribution in [2.45, 2.75) is 25.9 Å². The number of carbonyl (C=O) groups is 1. The summed E-state index contributed by atoms with van der Waals surface area (Å²) in [4.78, 5) is 16.0. The predicted octanol–water partition coefficient (Wildman–Crippen LogP) is 1.08. The zero-order chi connectivity index (χ0) is 14.8. The summed E-state index contributed by atoms with van der Waals surface area (Å²) < 4.78 is 40.0. The second-order valence-corrected chi connectivity index (χ2v) is 5.64. The van der Waals surface area contributed by atoms with Gasteiger partial charge in [-0.15, -0.1) is 0 Å². The molecule has 0 aromatic rings. The lowest BCUT2D eigenvalue weighted by Crippen LogP contribution is -2.58. The van der Waals surface area contributed by atoms with Gasteiger partial charge in [-0.3, -0.25) is 9.69 Å². The number of amides is 1.